The molecule has 130 valence electrons. The molecule has 1 atom stereocenters. The van der Waals surface area contributed by atoms with Gasteiger partial charge in [0.2, 0.25) is 0 Å². The number of alkyl carbamates (subject to hydrolysis) is 1. The Bertz CT molecular complexity index is 543. The topological polar surface area (TPSA) is 75.6 Å². The fraction of sp³-hybridized carbons (Fsp3) is 0.500. The molecule has 0 aliphatic carbocycles. The zero-order chi connectivity index (χ0) is 18.2. The molecule has 0 aliphatic rings. The van der Waals surface area contributed by atoms with Gasteiger partial charge in [0.05, 0.1) is 0 Å². The number of amides is 1. The van der Waals surface area contributed by atoms with Gasteiger partial charge < -0.3 is 15.2 Å². The van der Waals surface area contributed by atoms with Crippen molar-refractivity contribution in [2.24, 2.45) is 0 Å². The minimum absolute atomic E-state index is 0.173. The first kappa shape index (κ1) is 21.4. The van der Waals surface area contributed by atoms with Crippen LogP contribution in [0.25, 0.3) is 0 Å². The summed E-state index contributed by atoms with van der Waals surface area (Å²) in [5, 5.41) is 11.3. The lowest BCUT2D eigenvalue weighted by molar-refractivity contribution is -0.139. The van der Waals surface area contributed by atoms with Gasteiger partial charge in [-0.15, -0.1) is 0 Å². The molecule has 1 aromatic rings. The standard InChI is InChI=1S/C14H17BrFNO4.C2H6/c1-14(2,3)21-13(20)17-11(12(18)19)6-8-4-5-9(15)7-10(8)16;1-2/h4-5,7,11H,6H2,1-3H3,(H,17,20)(H,18,19);1-2H3/t11-;/m0./s1. The van der Waals surface area contributed by atoms with Gasteiger partial charge in [-0.2, -0.15) is 0 Å². The van der Waals surface area contributed by atoms with Crippen LogP contribution in [-0.2, 0) is 16.0 Å². The van der Waals surface area contributed by atoms with Gasteiger partial charge in [-0.3, -0.25) is 0 Å². The predicted molar refractivity (Wildman–Crippen MR) is 89.9 cm³/mol. The molecule has 0 fully saturated rings. The maximum Gasteiger partial charge on any atom is 0.408 e. The van der Waals surface area contributed by atoms with E-state index in [9.17, 15) is 14.0 Å². The lowest BCUT2D eigenvalue weighted by atomic mass is 10.1. The Morgan fingerprint density at radius 2 is 1.91 bits per heavy atom. The number of rotatable bonds is 4. The Balaban J connectivity index is 0.00000232. The molecule has 1 amide bonds. The number of carboxylic acid groups (broad SMARTS) is 1. The second-order valence-corrected chi connectivity index (χ2v) is 6.39. The number of aliphatic carboxylic acids is 1. The monoisotopic (exact) mass is 391 g/mol. The number of carboxylic acids is 1. The van der Waals surface area contributed by atoms with E-state index in [1.54, 1.807) is 26.8 Å². The summed E-state index contributed by atoms with van der Waals surface area (Å²) < 4.78 is 19.3. The van der Waals surface area contributed by atoms with Crippen LogP contribution < -0.4 is 5.32 Å². The summed E-state index contributed by atoms with van der Waals surface area (Å²) in [4.78, 5) is 22.8. The van der Waals surface area contributed by atoms with Crippen LogP contribution in [0.2, 0.25) is 0 Å². The summed E-state index contributed by atoms with van der Waals surface area (Å²) in [5.74, 6) is -1.80. The Morgan fingerprint density at radius 3 is 2.35 bits per heavy atom. The molecule has 23 heavy (non-hydrogen) atoms. The highest BCUT2D eigenvalue weighted by Crippen LogP contribution is 2.17. The van der Waals surface area contributed by atoms with Crippen LogP contribution in [0.5, 0.6) is 0 Å². The van der Waals surface area contributed by atoms with Crippen molar-refractivity contribution >= 4 is 28.0 Å². The maximum atomic E-state index is 13.7. The van der Waals surface area contributed by atoms with E-state index in [2.05, 4.69) is 21.2 Å². The number of hydrogen-bond acceptors (Lipinski definition) is 3. The number of carbonyl (C=O) groups is 2. The largest absolute Gasteiger partial charge is 0.480 e. The summed E-state index contributed by atoms with van der Waals surface area (Å²) >= 11 is 3.12. The number of ether oxygens (including phenoxy) is 1. The molecule has 1 aromatic carbocycles. The Morgan fingerprint density at radius 1 is 1.35 bits per heavy atom. The molecule has 2 N–H and O–H groups in total. The minimum Gasteiger partial charge on any atom is -0.480 e. The zero-order valence-electron chi connectivity index (χ0n) is 13.9. The molecule has 5 nitrogen and oxygen atoms in total. The normalized spacial score (nSPS) is 11.8. The van der Waals surface area contributed by atoms with Gasteiger partial charge in [0.25, 0.3) is 0 Å². The fourth-order valence-electron chi connectivity index (χ4n) is 1.56. The zero-order valence-corrected chi connectivity index (χ0v) is 15.5. The number of carbonyl (C=O) groups excluding carboxylic acids is 1. The first-order chi connectivity index (χ1) is 10.6. The van der Waals surface area contributed by atoms with Crippen molar-refractivity contribution in [1.82, 2.24) is 5.32 Å². The van der Waals surface area contributed by atoms with Crippen LogP contribution in [0, 0.1) is 5.82 Å². The summed E-state index contributed by atoms with van der Waals surface area (Å²) in [6.07, 6.45) is -1.03. The number of benzene rings is 1. The smallest absolute Gasteiger partial charge is 0.408 e. The van der Waals surface area contributed by atoms with Crippen LogP contribution in [0.4, 0.5) is 9.18 Å². The molecular formula is C16H23BrFNO4. The third kappa shape index (κ3) is 8.54. The van der Waals surface area contributed by atoms with Gasteiger partial charge in [0.15, 0.2) is 0 Å². The molecule has 0 aromatic heterocycles. The average Bonchev–Trinajstić information content (AvgIpc) is 2.40. The predicted octanol–water partition coefficient (Wildman–Crippen LogP) is 4.13. The quantitative estimate of drug-likeness (QED) is 0.808. The Kier molecular flexibility index (Phi) is 8.82. The molecule has 0 saturated carbocycles. The lowest BCUT2D eigenvalue weighted by Gasteiger charge is -2.22. The van der Waals surface area contributed by atoms with Crippen LogP contribution in [0.3, 0.4) is 0 Å². The average molecular weight is 392 g/mol. The van der Waals surface area contributed by atoms with Gasteiger partial charge >= 0.3 is 12.1 Å². The van der Waals surface area contributed by atoms with Crippen LogP contribution >= 0.6 is 15.9 Å². The van der Waals surface area contributed by atoms with E-state index in [0.717, 1.165) is 0 Å². The second-order valence-electron chi connectivity index (χ2n) is 5.48. The third-order valence-electron chi connectivity index (χ3n) is 2.43. The molecular weight excluding hydrogens is 369 g/mol. The van der Waals surface area contributed by atoms with Gasteiger partial charge in [-0.1, -0.05) is 35.8 Å². The SMILES string of the molecule is CC.CC(C)(C)OC(=O)N[C@@H](Cc1ccc(Br)cc1F)C(=O)O. The van der Waals surface area contributed by atoms with Gasteiger partial charge in [0, 0.05) is 10.9 Å². The molecule has 1 rings (SSSR count). The molecule has 0 radical (unpaired) electrons. The Hall–Kier alpha value is -1.63. The van der Waals surface area contributed by atoms with Crippen molar-refractivity contribution in [3.8, 4) is 0 Å². The van der Waals surface area contributed by atoms with Crippen molar-refractivity contribution in [2.45, 2.75) is 52.7 Å². The molecule has 0 unspecified atom stereocenters. The first-order valence-corrected chi connectivity index (χ1v) is 8.04. The van der Waals surface area contributed by atoms with Crippen molar-refractivity contribution in [3.05, 3.63) is 34.1 Å². The highest BCUT2D eigenvalue weighted by molar-refractivity contribution is 9.10. The van der Waals surface area contributed by atoms with Crippen molar-refractivity contribution in [1.29, 1.82) is 0 Å². The summed E-state index contributed by atoms with van der Waals surface area (Å²) in [5.41, 5.74) is -0.544. The van der Waals surface area contributed by atoms with E-state index in [1.165, 1.54) is 12.1 Å². The van der Waals surface area contributed by atoms with Gasteiger partial charge in [0.1, 0.15) is 17.5 Å². The van der Waals surface area contributed by atoms with E-state index in [0.29, 0.717) is 4.47 Å². The number of nitrogens with one attached hydrogen (secondary N) is 1. The van der Waals surface area contributed by atoms with E-state index >= 15 is 0 Å². The van der Waals surface area contributed by atoms with Crippen LogP contribution in [-0.4, -0.2) is 28.8 Å². The summed E-state index contributed by atoms with van der Waals surface area (Å²) in [6, 6.07) is 3.04. The van der Waals surface area contributed by atoms with Crippen molar-refractivity contribution in [3.63, 3.8) is 0 Å². The summed E-state index contributed by atoms with van der Waals surface area (Å²) in [7, 11) is 0. The molecule has 0 heterocycles. The highest BCUT2D eigenvalue weighted by atomic mass is 79.9. The molecule has 0 spiro atoms. The maximum absolute atomic E-state index is 13.7. The molecule has 7 heteroatoms. The number of halogens is 2. The molecule has 0 aliphatic heterocycles. The third-order valence-corrected chi connectivity index (χ3v) is 2.92. The van der Waals surface area contributed by atoms with Crippen LogP contribution in [0.1, 0.15) is 40.2 Å². The minimum atomic E-state index is -1.27. The molecule has 0 bridgehead atoms. The fourth-order valence-corrected chi connectivity index (χ4v) is 1.89. The summed E-state index contributed by atoms with van der Waals surface area (Å²) in [6.45, 7) is 8.99. The lowest BCUT2D eigenvalue weighted by Crippen LogP contribution is -2.44. The second kappa shape index (κ2) is 9.50. The molecule has 0 saturated heterocycles. The van der Waals surface area contributed by atoms with Crippen molar-refractivity contribution in [2.75, 3.05) is 0 Å². The van der Waals surface area contributed by atoms with Crippen LogP contribution in [0.15, 0.2) is 22.7 Å². The van der Waals surface area contributed by atoms with E-state index in [-0.39, 0.29) is 12.0 Å². The van der Waals surface area contributed by atoms with Crippen molar-refractivity contribution < 1.29 is 23.8 Å². The van der Waals surface area contributed by atoms with E-state index in [1.807, 2.05) is 13.8 Å². The van der Waals surface area contributed by atoms with Gasteiger partial charge in [-0.05, 0) is 38.5 Å². The number of hydrogen-bond donors (Lipinski definition) is 2. The Labute approximate surface area is 144 Å². The van der Waals surface area contributed by atoms with E-state index < -0.39 is 29.5 Å². The van der Waals surface area contributed by atoms with Gasteiger partial charge in [-0.25, -0.2) is 14.0 Å². The van der Waals surface area contributed by atoms with E-state index in [4.69, 9.17) is 9.84 Å². The first-order valence-electron chi connectivity index (χ1n) is 7.25. The highest BCUT2D eigenvalue weighted by Gasteiger charge is 2.25.